The van der Waals surface area contributed by atoms with E-state index in [9.17, 15) is 13.7 Å². The van der Waals surface area contributed by atoms with Crippen molar-refractivity contribution in [3.05, 3.63) is 30.1 Å². The van der Waals surface area contributed by atoms with Gasteiger partial charge in [0.25, 0.3) is 0 Å². The average Bonchev–Trinajstić information content (AvgIpc) is 2.86. The van der Waals surface area contributed by atoms with E-state index in [4.69, 9.17) is 5.26 Å². The Kier molecular flexibility index (Phi) is 5.81. The minimum Gasteiger partial charge on any atom is -0.611 e. The number of hydrogen-bond donors (Lipinski definition) is 1. The van der Waals surface area contributed by atoms with Crippen molar-refractivity contribution in [2.75, 3.05) is 12.3 Å². The van der Waals surface area contributed by atoms with E-state index in [0.29, 0.717) is 16.6 Å². The van der Waals surface area contributed by atoms with E-state index in [1.54, 1.807) is 0 Å². The molecule has 1 saturated carbocycles. The smallest absolute Gasteiger partial charge is 0.224 e. The molecule has 4 unspecified atom stereocenters. The lowest BCUT2D eigenvalue weighted by molar-refractivity contribution is -0.125. The Balaban J connectivity index is 2.01. The molecule has 0 aliphatic heterocycles. The third-order valence-corrected chi connectivity index (χ3v) is 5.58. The number of nitrogens with one attached hydrogen (secondary N) is 1. The molecular formula is C16H19FN2O2S. The van der Waals surface area contributed by atoms with Crippen molar-refractivity contribution >= 4 is 17.1 Å². The van der Waals surface area contributed by atoms with Gasteiger partial charge in [-0.15, -0.1) is 0 Å². The van der Waals surface area contributed by atoms with Crippen LogP contribution in [-0.4, -0.2) is 22.8 Å². The van der Waals surface area contributed by atoms with Crippen LogP contribution in [0.5, 0.6) is 0 Å². The highest BCUT2D eigenvalue weighted by molar-refractivity contribution is 7.91. The number of benzene rings is 1. The normalized spacial score (nSPS) is 25.5. The lowest BCUT2D eigenvalue weighted by Gasteiger charge is -2.20. The number of halogens is 1. The summed E-state index contributed by atoms with van der Waals surface area (Å²) in [5.74, 6) is 0.122. The van der Waals surface area contributed by atoms with Gasteiger partial charge in [0.05, 0.1) is 6.07 Å². The van der Waals surface area contributed by atoms with Crippen LogP contribution in [0.1, 0.15) is 19.8 Å². The first-order valence-corrected chi connectivity index (χ1v) is 8.61. The van der Waals surface area contributed by atoms with Gasteiger partial charge in [0.1, 0.15) is 18.1 Å². The summed E-state index contributed by atoms with van der Waals surface area (Å²) in [6.07, 6.45) is 1.60. The zero-order valence-electron chi connectivity index (χ0n) is 12.4. The van der Waals surface area contributed by atoms with Gasteiger partial charge < -0.3 is 9.87 Å². The largest absolute Gasteiger partial charge is 0.611 e. The Labute approximate surface area is 132 Å². The van der Waals surface area contributed by atoms with Crippen LogP contribution in [-0.2, 0) is 16.0 Å². The predicted molar refractivity (Wildman–Crippen MR) is 81.7 cm³/mol. The monoisotopic (exact) mass is 322 g/mol. The number of nitriles is 1. The Morgan fingerprint density at radius 3 is 2.77 bits per heavy atom. The molecule has 6 heteroatoms. The second kappa shape index (κ2) is 7.61. The maximum Gasteiger partial charge on any atom is 0.224 e. The van der Waals surface area contributed by atoms with Crippen LogP contribution in [0.15, 0.2) is 29.2 Å². The molecule has 1 N–H and O–H groups in total. The molecule has 0 radical (unpaired) electrons. The molecule has 0 aromatic heterocycles. The lowest BCUT2D eigenvalue weighted by Crippen LogP contribution is -2.35. The van der Waals surface area contributed by atoms with Crippen LogP contribution in [0.2, 0.25) is 0 Å². The van der Waals surface area contributed by atoms with Gasteiger partial charge in [0, 0.05) is 11.8 Å². The Morgan fingerprint density at radius 2 is 2.14 bits per heavy atom. The predicted octanol–water partition coefficient (Wildman–Crippen LogP) is 2.24. The maximum absolute atomic E-state index is 12.9. The molecule has 1 aromatic rings. The van der Waals surface area contributed by atoms with Gasteiger partial charge in [0.15, 0.2) is 4.90 Å². The van der Waals surface area contributed by atoms with E-state index >= 15 is 0 Å². The molecule has 1 aliphatic rings. The second-order valence-corrected chi connectivity index (χ2v) is 7.28. The molecule has 22 heavy (non-hydrogen) atoms. The number of carbonyl (C=O) groups excluding carboxylic acids is 1. The highest BCUT2D eigenvalue weighted by atomic mass is 32.2. The van der Waals surface area contributed by atoms with Crippen LogP contribution in [0.3, 0.4) is 0 Å². The van der Waals surface area contributed by atoms with Gasteiger partial charge in [-0.2, -0.15) is 5.26 Å². The first-order valence-electron chi connectivity index (χ1n) is 7.30. The number of carbonyl (C=O) groups is 1. The molecule has 0 saturated heterocycles. The van der Waals surface area contributed by atoms with Gasteiger partial charge >= 0.3 is 0 Å². The quantitative estimate of drug-likeness (QED) is 0.667. The highest BCUT2D eigenvalue weighted by Crippen LogP contribution is 2.38. The summed E-state index contributed by atoms with van der Waals surface area (Å²) in [7, 11) is 0. The number of hydrogen-bond acceptors (Lipinski definition) is 3. The minimum atomic E-state index is -1.25. The third-order valence-electron chi connectivity index (χ3n) is 4.05. The van der Waals surface area contributed by atoms with Crippen LogP contribution >= 0.6 is 0 Å². The molecule has 0 spiro atoms. The zero-order chi connectivity index (χ0) is 16.1. The fourth-order valence-corrected chi connectivity index (χ4v) is 4.43. The first-order chi connectivity index (χ1) is 10.5. The summed E-state index contributed by atoms with van der Waals surface area (Å²) in [6.45, 7) is 2.07. The van der Waals surface area contributed by atoms with Crippen molar-refractivity contribution in [1.29, 1.82) is 5.26 Å². The van der Waals surface area contributed by atoms with E-state index in [-0.39, 0.29) is 30.1 Å². The first kappa shape index (κ1) is 16.8. The molecule has 4 nitrogen and oxygen atoms in total. The number of amides is 1. The standard InChI is InChI=1S/C16H19FN2O2S/c1-11-8-12(15(9-11)16(20)19-7-6-18)10-22(21)14-4-2-13(17)3-5-14/h2-5,11-12,15H,7-10H2,1H3,(H,19,20). The molecular weight excluding hydrogens is 303 g/mol. The zero-order valence-corrected chi connectivity index (χ0v) is 13.2. The molecule has 0 heterocycles. The fraction of sp³-hybridized carbons (Fsp3) is 0.500. The maximum atomic E-state index is 12.9. The van der Waals surface area contributed by atoms with Crippen LogP contribution in [0.4, 0.5) is 4.39 Å². The van der Waals surface area contributed by atoms with Gasteiger partial charge in [-0.25, -0.2) is 4.39 Å². The molecule has 0 bridgehead atoms. The van der Waals surface area contributed by atoms with Crippen LogP contribution in [0.25, 0.3) is 0 Å². The van der Waals surface area contributed by atoms with Gasteiger partial charge in [-0.1, -0.05) is 6.92 Å². The molecule has 2 rings (SSSR count). The number of nitrogens with zero attached hydrogens (tertiary/aromatic N) is 1. The van der Waals surface area contributed by atoms with E-state index in [1.807, 2.05) is 6.07 Å². The van der Waals surface area contributed by atoms with E-state index in [0.717, 1.165) is 12.8 Å². The Morgan fingerprint density at radius 1 is 1.45 bits per heavy atom. The van der Waals surface area contributed by atoms with Crippen molar-refractivity contribution in [3.63, 3.8) is 0 Å². The summed E-state index contributed by atoms with van der Waals surface area (Å²) in [5, 5.41) is 11.1. The minimum absolute atomic E-state index is 0.00249. The molecule has 4 atom stereocenters. The molecule has 1 aliphatic carbocycles. The van der Waals surface area contributed by atoms with Gasteiger partial charge in [-0.3, -0.25) is 4.79 Å². The van der Waals surface area contributed by atoms with E-state index < -0.39 is 11.2 Å². The van der Waals surface area contributed by atoms with E-state index in [2.05, 4.69) is 12.2 Å². The van der Waals surface area contributed by atoms with Crippen molar-refractivity contribution in [2.45, 2.75) is 24.7 Å². The molecule has 1 fully saturated rings. The van der Waals surface area contributed by atoms with Crippen molar-refractivity contribution in [3.8, 4) is 6.07 Å². The Bertz CT molecular complexity index is 558. The highest BCUT2D eigenvalue weighted by Gasteiger charge is 2.39. The summed E-state index contributed by atoms with van der Waals surface area (Å²) in [6, 6.07) is 7.52. The average molecular weight is 322 g/mol. The topological polar surface area (TPSA) is 75.9 Å². The third kappa shape index (κ3) is 4.21. The molecule has 118 valence electrons. The fourth-order valence-electron chi connectivity index (χ4n) is 3.04. The van der Waals surface area contributed by atoms with Gasteiger partial charge in [0.2, 0.25) is 5.91 Å². The van der Waals surface area contributed by atoms with E-state index in [1.165, 1.54) is 24.3 Å². The van der Waals surface area contributed by atoms with Crippen molar-refractivity contribution in [1.82, 2.24) is 5.32 Å². The lowest BCUT2D eigenvalue weighted by atomic mass is 9.97. The second-order valence-electron chi connectivity index (χ2n) is 5.79. The van der Waals surface area contributed by atoms with Crippen molar-refractivity contribution < 1.29 is 13.7 Å². The SMILES string of the molecule is CC1CC(C[S+]([O-])c2ccc(F)cc2)C(C(=O)NCC#N)C1. The van der Waals surface area contributed by atoms with Crippen molar-refractivity contribution in [2.24, 2.45) is 17.8 Å². The summed E-state index contributed by atoms with van der Waals surface area (Å²) >= 11 is -1.25. The van der Waals surface area contributed by atoms with Crippen LogP contribution < -0.4 is 5.32 Å². The molecule has 1 aromatic carbocycles. The number of rotatable bonds is 5. The van der Waals surface area contributed by atoms with Crippen LogP contribution in [0, 0.1) is 34.9 Å². The van der Waals surface area contributed by atoms with Gasteiger partial charge in [-0.05, 0) is 54.2 Å². The summed E-state index contributed by atoms with van der Waals surface area (Å²) in [4.78, 5) is 12.7. The molecule has 1 amide bonds. The summed E-state index contributed by atoms with van der Waals surface area (Å²) in [5.41, 5.74) is 0. The summed E-state index contributed by atoms with van der Waals surface area (Å²) < 4.78 is 25.3. The Hall–Kier alpha value is -1.58.